The molecule has 0 N–H and O–H groups in total. The molecular formula is CrO9V3. The molecule has 0 aliphatic heterocycles. The van der Waals surface area contributed by atoms with Gasteiger partial charge in [-0.25, -0.2) is 0 Å². The number of hydrogen-bond donors (Lipinski definition) is 0. The Morgan fingerprint density at radius 2 is 0.538 bits per heavy atom. The molecule has 0 aliphatic rings. The monoisotopic (exact) mass is 349 g/mol. The maximum absolute atomic E-state index is 8.56. The second-order valence-electron chi connectivity index (χ2n) is 0.671. The van der Waals surface area contributed by atoms with Crippen molar-refractivity contribution < 1.29 is 97.7 Å². The van der Waals surface area contributed by atoms with Crippen LogP contribution in [-0.2, 0) is 85.6 Å². The predicted molar refractivity (Wildman–Crippen MR) is 4.12 cm³/mol. The number of rotatable bonds is 0. The molecule has 9 nitrogen and oxygen atoms in total. The molecule has 0 aliphatic carbocycles. The Bertz CT molecular complexity index is 208. The average Bonchev–Trinajstić information content (AvgIpc) is 1.54. The summed E-state index contributed by atoms with van der Waals surface area (Å²) in [4.78, 5) is 0. The summed E-state index contributed by atoms with van der Waals surface area (Å²) in [5, 5.41) is 0. The molecule has 0 aromatic heterocycles. The van der Waals surface area contributed by atoms with Crippen molar-refractivity contribution in [2.45, 2.75) is 0 Å². The van der Waals surface area contributed by atoms with Crippen LogP contribution in [0.1, 0.15) is 0 Å². The average molecular weight is 349 g/mol. The SMILES string of the molecule is [Cr+3].[O]=[V](=[O])[O-].[O]=[V](=[O])[O-].[O]=[V](=[O])[O-]. The molecule has 13 heteroatoms. The van der Waals surface area contributed by atoms with Crippen molar-refractivity contribution in [2.24, 2.45) is 0 Å². The van der Waals surface area contributed by atoms with Crippen molar-refractivity contribution in [1.29, 1.82) is 0 Å². The van der Waals surface area contributed by atoms with E-state index in [2.05, 4.69) is 0 Å². The predicted octanol–water partition coefficient (Wildman–Crippen LogP) is -4.29. The van der Waals surface area contributed by atoms with Gasteiger partial charge in [0.05, 0.1) is 0 Å². The van der Waals surface area contributed by atoms with Crippen molar-refractivity contribution in [3.8, 4) is 0 Å². The van der Waals surface area contributed by atoms with Gasteiger partial charge in [0.2, 0.25) is 0 Å². The van der Waals surface area contributed by atoms with Crippen molar-refractivity contribution in [2.75, 3.05) is 0 Å². The van der Waals surface area contributed by atoms with Crippen LogP contribution in [0.3, 0.4) is 0 Å². The minimum atomic E-state index is -3.94. The van der Waals surface area contributed by atoms with E-state index in [-0.39, 0.29) is 17.4 Å². The molecule has 0 saturated heterocycles. The maximum atomic E-state index is 8.56. The molecule has 0 rings (SSSR count). The summed E-state index contributed by atoms with van der Waals surface area (Å²) in [7, 11) is 0. The zero-order valence-corrected chi connectivity index (χ0v) is 10.9. The Labute approximate surface area is 97.0 Å². The first-order chi connectivity index (χ1) is 5.20. The van der Waals surface area contributed by atoms with Gasteiger partial charge in [-0.2, -0.15) is 0 Å². The molecule has 0 heterocycles. The van der Waals surface area contributed by atoms with E-state index < -0.39 is 46.2 Å². The molecule has 0 spiro atoms. The van der Waals surface area contributed by atoms with Gasteiger partial charge in [-0.3, -0.25) is 0 Å². The zero-order chi connectivity index (χ0) is 10.7. The summed E-state index contributed by atoms with van der Waals surface area (Å²) in [5.74, 6) is 0. The van der Waals surface area contributed by atoms with Crippen molar-refractivity contribution in [1.82, 2.24) is 0 Å². The molecule has 0 bridgehead atoms. The quantitative estimate of drug-likeness (QED) is 0.419. The molecule has 0 atom stereocenters. The molecule has 0 unspecified atom stereocenters. The van der Waals surface area contributed by atoms with Gasteiger partial charge in [-0.1, -0.05) is 0 Å². The third kappa shape index (κ3) is 1670. The van der Waals surface area contributed by atoms with E-state index in [4.69, 9.17) is 34.1 Å². The summed E-state index contributed by atoms with van der Waals surface area (Å²) >= 11 is -11.8. The zero-order valence-electron chi connectivity index (χ0n) is 5.42. The first kappa shape index (κ1) is 23.6. The van der Waals surface area contributed by atoms with E-state index >= 15 is 0 Å². The van der Waals surface area contributed by atoms with E-state index in [1.165, 1.54) is 0 Å². The molecule has 13 heavy (non-hydrogen) atoms. The fraction of sp³-hybridized carbons (Fsp3) is 0. The molecule has 0 amide bonds. The molecule has 0 aromatic rings. The fourth-order valence-electron chi connectivity index (χ4n) is 0. The van der Waals surface area contributed by atoms with Gasteiger partial charge in [0.15, 0.2) is 0 Å². The van der Waals surface area contributed by atoms with Crippen molar-refractivity contribution in [3.63, 3.8) is 0 Å². The molecule has 0 saturated carbocycles. The Morgan fingerprint density at radius 3 is 0.538 bits per heavy atom. The van der Waals surface area contributed by atoms with E-state index in [0.29, 0.717) is 0 Å². The molecular weight excluding hydrogens is 349 g/mol. The van der Waals surface area contributed by atoms with Crippen LogP contribution in [-0.4, -0.2) is 0 Å². The van der Waals surface area contributed by atoms with Crippen LogP contribution >= 0.6 is 0 Å². The summed E-state index contributed by atoms with van der Waals surface area (Å²) in [6, 6.07) is 0. The second-order valence-corrected chi connectivity index (χ2v) is 2.77. The van der Waals surface area contributed by atoms with Crippen LogP contribution in [0.5, 0.6) is 0 Å². The topological polar surface area (TPSA) is 172 Å². The van der Waals surface area contributed by atoms with Crippen LogP contribution in [0, 0.1) is 0 Å². The van der Waals surface area contributed by atoms with Crippen LogP contribution in [0.25, 0.3) is 0 Å². The summed E-state index contributed by atoms with van der Waals surface area (Å²) in [5.41, 5.74) is 0. The molecule has 0 fully saturated rings. The van der Waals surface area contributed by atoms with Gasteiger partial charge in [-0.15, -0.1) is 0 Å². The third-order valence-electron chi connectivity index (χ3n) is 0. The van der Waals surface area contributed by atoms with Crippen molar-refractivity contribution >= 4 is 0 Å². The Balaban J connectivity index is -0.0000000450. The van der Waals surface area contributed by atoms with Gasteiger partial charge >= 0.3 is 97.7 Å². The summed E-state index contributed by atoms with van der Waals surface area (Å²) < 4.78 is 77.1. The second kappa shape index (κ2) is 18.7. The van der Waals surface area contributed by atoms with Gasteiger partial charge in [0.25, 0.3) is 0 Å². The number of hydrogen-bond acceptors (Lipinski definition) is 9. The molecule has 75 valence electrons. The normalized spacial score (nSPS) is 5.77. The van der Waals surface area contributed by atoms with E-state index in [1.807, 2.05) is 0 Å². The van der Waals surface area contributed by atoms with Crippen LogP contribution < -0.4 is 12.1 Å². The fourth-order valence-corrected chi connectivity index (χ4v) is 0. The molecule has 0 aromatic carbocycles. The molecule has 1 radical (unpaired) electrons. The van der Waals surface area contributed by atoms with E-state index in [1.54, 1.807) is 0 Å². The van der Waals surface area contributed by atoms with E-state index in [0.717, 1.165) is 0 Å². The van der Waals surface area contributed by atoms with Crippen LogP contribution in [0.15, 0.2) is 0 Å². The Hall–Kier alpha value is 0.966. The van der Waals surface area contributed by atoms with E-state index in [9.17, 15) is 0 Å². The Kier molecular flexibility index (Phi) is 34.0. The van der Waals surface area contributed by atoms with Gasteiger partial charge in [0, 0.05) is 0 Å². The van der Waals surface area contributed by atoms with Crippen LogP contribution in [0.2, 0.25) is 0 Å². The standard InChI is InChI=1S/Cr.9O.3V/q+3;;;;;;;3*-1;;;. The summed E-state index contributed by atoms with van der Waals surface area (Å²) in [6.07, 6.45) is 0. The Morgan fingerprint density at radius 1 is 0.538 bits per heavy atom. The van der Waals surface area contributed by atoms with Crippen LogP contribution in [0.4, 0.5) is 0 Å². The first-order valence-electron chi connectivity index (χ1n) is 1.64. The minimum absolute atomic E-state index is 0. The summed E-state index contributed by atoms with van der Waals surface area (Å²) in [6.45, 7) is 0. The first-order valence-corrected chi connectivity index (χ1v) is 6.77. The van der Waals surface area contributed by atoms with Gasteiger partial charge < -0.3 is 0 Å². The van der Waals surface area contributed by atoms with Gasteiger partial charge in [-0.05, 0) is 0 Å². The van der Waals surface area contributed by atoms with Crippen molar-refractivity contribution in [3.05, 3.63) is 0 Å². The third-order valence-corrected chi connectivity index (χ3v) is 0. The van der Waals surface area contributed by atoms with Gasteiger partial charge in [0.1, 0.15) is 0 Å².